The first-order valence-electron chi connectivity index (χ1n) is 13.3. The first-order chi connectivity index (χ1) is 17.9. The van der Waals surface area contributed by atoms with Crippen LogP contribution >= 0.6 is 11.6 Å². The van der Waals surface area contributed by atoms with Gasteiger partial charge in [-0.3, -0.25) is 9.59 Å². The Kier molecular flexibility index (Phi) is 9.40. The number of rotatable bonds is 9. The molecule has 194 valence electrons. The molecular weight excluding hydrogens is 480 g/mol. The number of carbonyl (C=O) groups excluding carboxylic acids is 2. The molecule has 0 heterocycles. The molecule has 4 nitrogen and oxygen atoms in total. The van der Waals surface area contributed by atoms with Crippen LogP contribution in [0.25, 0.3) is 0 Å². The minimum absolute atomic E-state index is 0.0524. The van der Waals surface area contributed by atoms with E-state index in [9.17, 15) is 9.59 Å². The van der Waals surface area contributed by atoms with Crippen molar-refractivity contribution >= 4 is 23.4 Å². The summed E-state index contributed by atoms with van der Waals surface area (Å²) in [5.41, 5.74) is 5.18. The maximum atomic E-state index is 14.0. The van der Waals surface area contributed by atoms with E-state index in [0.29, 0.717) is 18.0 Å². The van der Waals surface area contributed by atoms with Gasteiger partial charge >= 0.3 is 0 Å². The van der Waals surface area contributed by atoms with Crippen LogP contribution in [0.3, 0.4) is 0 Å². The van der Waals surface area contributed by atoms with Gasteiger partial charge in [-0.25, -0.2) is 0 Å². The van der Waals surface area contributed by atoms with Crippen molar-refractivity contribution in [3.05, 3.63) is 106 Å². The number of hydrogen-bond acceptors (Lipinski definition) is 2. The zero-order valence-corrected chi connectivity index (χ0v) is 22.6. The molecule has 1 atom stereocenters. The lowest BCUT2D eigenvalue weighted by molar-refractivity contribution is -0.141. The number of aryl methyl sites for hydroxylation is 2. The Morgan fingerprint density at radius 3 is 2.32 bits per heavy atom. The largest absolute Gasteiger partial charge is 0.352 e. The highest BCUT2D eigenvalue weighted by Crippen LogP contribution is 2.22. The van der Waals surface area contributed by atoms with E-state index in [0.717, 1.165) is 53.5 Å². The SMILES string of the molecule is Cc1ccc(C)c(CC(=O)N(Cc2ccc(Cl)cc2)[C@H](Cc2ccccc2)C(=O)NC2CCCCC2)c1. The molecular formula is C32H37ClN2O2. The van der Waals surface area contributed by atoms with Crippen molar-refractivity contribution in [2.24, 2.45) is 0 Å². The molecule has 0 unspecified atom stereocenters. The molecule has 3 aromatic carbocycles. The molecule has 1 aliphatic rings. The molecule has 0 radical (unpaired) electrons. The number of halogens is 1. The van der Waals surface area contributed by atoms with Crippen molar-refractivity contribution in [2.75, 3.05) is 0 Å². The fourth-order valence-electron chi connectivity index (χ4n) is 5.14. The molecule has 2 amide bonds. The highest BCUT2D eigenvalue weighted by Gasteiger charge is 2.32. The Morgan fingerprint density at radius 1 is 0.919 bits per heavy atom. The van der Waals surface area contributed by atoms with E-state index >= 15 is 0 Å². The van der Waals surface area contributed by atoms with E-state index in [1.807, 2.05) is 68.4 Å². The first-order valence-corrected chi connectivity index (χ1v) is 13.7. The van der Waals surface area contributed by atoms with Gasteiger partial charge in [0.05, 0.1) is 6.42 Å². The lowest BCUT2D eigenvalue weighted by Gasteiger charge is -2.33. The van der Waals surface area contributed by atoms with Crippen LogP contribution < -0.4 is 5.32 Å². The van der Waals surface area contributed by atoms with E-state index in [2.05, 4.69) is 23.5 Å². The van der Waals surface area contributed by atoms with Crippen molar-refractivity contribution in [2.45, 2.75) is 77.4 Å². The van der Waals surface area contributed by atoms with E-state index in [1.54, 1.807) is 4.90 Å². The van der Waals surface area contributed by atoms with Crippen LogP contribution in [0.5, 0.6) is 0 Å². The number of carbonyl (C=O) groups is 2. The topological polar surface area (TPSA) is 49.4 Å². The molecule has 3 aromatic rings. The summed E-state index contributed by atoms with van der Waals surface area (Å²) in [6.07, 6.45) is 6.20. The Bertz CT molecular complexity index is 1190. The molecule has 4 rings (SSSR count). The van der Waals surface area contributed by atoms with Crippen LogP contribution in [0.4, 0.5) is 0 Å². The molecule has 0 aliphatic heterocycles. The number of amides is 2. The van der Waals surface area contributed by atoms with Crippen LogP contribution in [0, 0.1) is 13.8 Å². The molecule has 1 aliphatic carbocycles. The van der Waals surface area contributed by atoms with E-state index < -0.39 is 6.04 Å². The predicted molar refractivity (Wildman–Crippen MR) is 151 cm³/mol. The van der Waals surface area contributed by atoms with Crippen LogP contribution in [0.2, 0.25) is 5.02 Å². The Morgan fingerprint density at radius 2 is 1.62 bits per heavy atom. The van der Waals surface area contributed by atoms with E-state index in [4.69, 9.17) is 11.6 Å². The van der Waals surface area contributed by atoms with Gasteiger partial charge in [0.25, 0.3) is 0 Å². The number of nitrogens with zero attached hydrogens (tertiary/aromatic N) is 1. The lowest BCUT2D eigenvalue weighted by atomic mass is 9.94. The van der Waals surface area contributed by atoms with E-state index in [-0.39, 0.29) is 24.3 Å². The van der Waals surface area contributed by atoms with Gasteiger partial charge < -0.3 is 10.2 Å². The lowest BCUT2D eigenvalue weighted by Crippen LogP contribution is -2.53. The third kappa shape index (κ3) is 7.69. The molecule has 1 fully saturated rings. The van der Waals surface area contributed by atoms with Crippen molar-refractivity contribution in [1.82, 2.24) is 10.2 Å². The average molecular weight is 517 g/mol. The fraction of sp³-hybridized carbons (Fsp3) is 0.375. The van der Waals surface area contributed by atoms with Crippen molar-refractivity contribution < 1.29 is 9.59 Å². The summed E-state index contributed by atoms with van der Waals surface area (Å²) in [6, 6.07) is 23.2. The summed E-state index contributed by atoms with van der Waals surface area (Å²) in [7, 11) is 0. The maximum absolute atomic E-state index is 14.0. The predicted octanol–water partition coefficient (Wildman–Crippen LogP) is 6.59. The quantitative estimate of drug-likeness (QED) is 0.349. The van der Waals surface area contributed by atoms with Gasteiger partial charge in [0.15, 0.2) is 0 Å². The Hall–Kier alpha value is -3.11. The molecule has 0 aromatic heterocycles. The van der Waals surface area contributed by atoms with E-state index in [1.165, 1.54) is 6.42 Å². The zero-order valence-electron chi connectivity index (χ0n) is 21.9. The van der Waals surface area contributed by atoms with Gasteiger partial charge in [0, 0.05) is 24.0 Å². The second kappa shape index (κ2) is 12.9. The summed E-state index contributed by atoms with van der Waals surface area (Å²) in [4.78, 5) is 29.6. The molecule has 0 spiro atoms. The number of hydrogen-bond donors (Lipinski definition) is 1. The van der Waals surface area contributed by atoms with Crippen molar-refractivity contribution in [3.63, 3.8) is 0 Å². The van der Waals surface area contributed by atoms with Crippen molar-refractivity contribution in [1.29, 1.82) is 0 Å². The first kappa shape index (κ1) is 26.9. The Balaban J connectivity index is 1.67. The third-order valence-corrected chi connectivity index (χ3v) is 7.59. The van der Waals surface area contributed by atoms with Crippen LogP contribution in [-0.4, -0.2) is 28.8 Å². The maximum Gasteiger partial charge on any atom is 0.243 e. The minimum atomic E-state index is -0.613. The van der Waals surface area contributed by atoms with Gasteiger partial charge in [0.2, 0.25) is 11.8 Å². The zero-order chi connectivity index (χ0) is 26.2. The molecule has 37 heavy (non-hydrogen) atoms. The van der Waals surface area contributed by atoms with Crippen LogP contribution in [-0.2, 0) is 29.0 Å². The standard InChI is InChI=1S/C32H37ClN2O2/c1-23-13-14-24(2)27(19-23)21-31(36)35(22-26-15-17-28(33)18-16-26)30(20-25-9-5-3-6-10-25)32(37)34-29-11-7-4-8-12-29/h3,5-6,9-10,13-19,29-30H,4,7-8,11-12,20-22H2,1-2H3,(H,34,37)/t30-/m1/s1. The van der Waals surface area contributed by atoms with Crippen LogP contribution in [0.1, 0.15) is 59.9 Å². The third-order valence-electron chi connectivity index (χ3n) is 7.34. The van der Waals surface area contributed by atoms with Gasteiger partial charge in [-0.1, -0.05) is 97.1 Å². The molecule has 1 N–H and O–H groups in total. The smallest absolute Gasteiger partial charge is 0.243 e. The molecule has 0 bridgehead atoms. The second-order valence-corrected chi connectivity index (χ2v) is 10.7. The number of benzene rings is 3. The van der Waals surface area contributed by atoms with Gasteiger partial charge in [0.1, 0.15) is 6.04 Å². The van der Waals surface area contributed by atoms with Crippen molar-refractivity contribution in [3.8, 4) is 0 Å². The monoisotopic (exact) mass is 516 g/mol. The normalized spacial score (nSPS) is 14.7. The average Bonchev–Trinajstić information content (AvgIpc) is 2.90. The van der Waals surface area contributed by atoms with Gasteiger partial charge in [-0.15, -0.1) is 0 Å². The molecule has 1 saturated carbocycles. The number of nitrogens with one attached hydrogen (secondary N) is 1. The summed E-state index contributed by atoms with van der Waals surface area (Å²) < 4.78 is 0. The second-order valence-electron chi connectivity index (χ2n) is 10.3. The summed E-state index contributed by atoms with van der Waals surface area (Å²) in [6.45, 7) is 4.41. The Labute approximate surface area is 226 Å². The highest BCUT2D eigenvalue weighted by molar-refractivity contribution is 6.30. The minimum Gasteiger partial charge on any atom is -0.352 e. The highest BCUT2D eigenvalue weighted by atomic mass is 35.5. The fourth-order valence-corrected chi connectivity index (χ4v) is 5.27. The summed E-state index contributed by atoms with van der Waals surface area (Å²) in [5, 5.41) is 3.95. The molecule has 0 saturated heterocycles. The van der Waals surface area contributed by atoms with Crippen LogP contribution in [0.15, 0.2) is 72.8 Å². The summed E-state index contributed by atoms with van der Waals surface area (Å²) >= 11 is 6.13. The molecule has 5 heteroatoms. The van der Waals surface area contributed by atoms with Gasteiger partial charge in [-0.05, 0) is 61.1 Å². The van der Waals surface area contributed by atoms with Gasteiger partial charge in [-0.2, -0.15) is 0 Å². The summed E-state index contributed by atoms with van der Waals surface area (Å²) in [5.74, 6) is -0.123.